The third-order valence-corrected chi connectivity index (χ3v) is 5.93. The number of nitrogens with zero attached hydrogens (tertiary/aromatic N) is 1. The first-order chi connectivity index (χ1) is 13.9. The van der Waals surface area contributed by atoms with Crippen molar-refractivity contribution in [1.82, 2.24) is 4.90 Å². The van der Waals surface area contributed by atoms with Crippen LogP contribution in [0.4, 0.5) is 18.9 Å². The van der Waals surface area contributed by atoms with Gasteiger partial charge >= 0.3 is 6.18 Å². The standard InChI is InChI=1S/C20H22F3N3O3S/c1-13(14-3-2-4-15(11-14)20(21,22)23)26(17-7-8-17)12-19(27)25-16-5-9-18(10-6-16)30(24,28)29/h2-6,9-11,13,17H,7-8,12H2,1H3,(H,25,27)(H2,24,28,29). The molecule has 0 heterocycles. The molecule has 0 radical (unpaired) electrons. The highest BCUT2D eigenvalue weighted by molar-refractivity contribution is 7.89. The van der Waals surface area contributed by atoms with Crippen molar-refractivity contribution in [2.75, 3.05) is 11.9 Å². The van der Waals surface area contributed by atoms with E-state index in [1.165, 1.54) is 30.3 Å². The molecule has 0 spiro atoms. The van der Waals surface area contributed by atoms with Crippen molar-refractivity contribution in [1.29, 1.82) is 0 Å². The van der Waals surface area contributed by atoms with Crippen LogP contribution in [0, 0.1) is 0 Å². The molecule has 1 fully saturated rings. The lowest BCUT2D eigenvalue weighted by molar-refractivity contribution is -0.137. The third kappa shape index (κ3) is 5.59. The summed E-state index contributed by atoms with van der Waals surface area (Å²) in [5.74, 6) is -0.343. The minimum Gasteiger partial charge on any atom is -0.325 e. The zero-order valence-corrected chi connectivity index (χ0v) is 17.0. The smallest absolute Gasteiger partial charge is 0.325 e. The maximum Gasteiger partial charge on any atom is 0.416 e. The highest BCUT2D eigenvalue weighted by atomic mass is 32.2. The molecule has 2 aromatic rings. The van der Waals surface area contributed by atoms with Crippen molar-refractivity contribution < 1.29 is 26.4 Å². The lowest BCUT2D eigenvalue weighted by Gasteiger charge is -2.29. The van der Waals surface area contributed by atoms with E-state index in [-0.39, 0.29) is 29.4 Å². The Morgan fingerprint density at radius 1 is 1.20 bits per heavy atom. The minimum absolute atomic E-state index is 0.000974. The third-order valence-electron chi connectivity index (χ3n) is 5.00. The number of hydrogen-bond acceptors (Lipinski definition) is 4. The van der Waals surface area contributed by atoms with Gasteiger partial charge in [-0.25, -0.2) is 13.6 Å². The average molecular weight is 441 g/mol. The number of benzene rings is 2. The first-order valence-corrected chi connectivity index (χ1v) is 10.9. The number of hydrogen-bond donors (Lipinski definition) is 2. The van der Waals surface area contributed by atoms with E-state index in [2.05, 4.69) is 5.32 Å². The summed E-state index contributed by atoms with van der Waals surface area (Å²) in [4.78, 5) is 14.3. The second-order valence-corrected chi connectivity index (χ2v) is 8.88. The SMILES string of the molecule is CC(c1cccc(C(F)(F)F)c1)N(CC(=O)Nc1ccc(S(N)(=O)=O)cc1)C1CC1. The fourth-order valence-electron chi connectivity index (χ4n) is 3.25. The molecule has 162 valence electrons. The Bertz CT molecular complexity index is 1020. The van der Waals surface area contributed by atoms with Gasteiger partial charge in [0.25, 0.3) is 0 Å². The Morgan fingerprint density at radius 3 is 2.37 bits per heavy atom. The molecule has 1 saturated carbocycles. The van der Waals surface area contributed by atoms with Gasteiger partial charge in [-0.2, -0.15) is 13.2 Å². The number of carbonyl (C=O) groups is 1. The lowest BCUT2D eigenvalue weighted by Crippen LogP contribution is -2.37. The second-order valence-electron chi connectivity index (χ2n) is 7.32. The van der Waals surface area contributed by atoms with Gasteiger partial charge < -0.3 is 5.32 Å². The van der Waals surface area contributed by atoms with Crippen molar-refractivity contribution in [3.05, 3.63) is 59.7 Å². The van der Waals surface area contributed by atoms with Crippen LogP contribution < -0.4 is 10.5 Å². The molecule has 1 atom stereocenters. The van der Waals surface area contributed by atoms with Crippen LogP contribution in [-0.2, 0) is 21.0 Å². The summed E-state index contributed by atoms with van der Waals surface area (Å²) in [5.41, 5.74) is 0.166. The topological polar surface area (TPSA) is 92.5 Å². The number of sulfonamides is 1. The van der Waals surface area contributed by atoms with Gasteiger partial charge in [-0.1, -0.05) is 12.1 Å². The van der Waals surface area contributed by atoms with Crippen LogP contribution >= 0.6 is 0 Å². The Kier molecular flexibility index (Phi) is 6.21. The number of alkyl halides is 3. The summed E-state index contributed by atoms with van der Waals surface area (Å²) in [7, 11) is -3.83. The largest absolute Gasteiger partial charge is 0.416 e. The number of primary sulfonamides is 1. The molecule has 1 unspecified atom stereocenters. The van der Waals surface area contributed by atoms with Gasteiger partial charge in [-0.3, -0.25) is 9.69 Å². The summed E-state index contributed by atoms with van der Waals surface area (Å²) < 4.78 is 61.7. The zero-order chi connectivity index (χ0) is 22.1. The number of nitrogens with two attached hydrogens (primary N) is 1. The first kappa shape index (κ1) is 22.3. The van der Waals surface area contributed by atoms with E-state index in [9.17, 15) is 26.4 Å². The van der Waals surface area contributed by atoms with Crippen LogP contribution in [0.15, 0.2) is 53.4 Å². The summed E-state index contributed by atoms with van der Waals surface area (Å²) in [5, 5.41) is 7.73. The molecule has 0 saturated heterocycles. The summed E-state index contributed by atoms with van der Waals surface area (Å²) in [6.07, 6.45) is -2.68. The van der Waals surface area contributed by atoms with Crippen LogP contribution in [-0.4, -0.2) is 31.8 Å². The van der Waals surface area contributed by atoms with Crippen LogP contribution in [0.5, 0.6) is 0 Å². The quantitative estimate of drug-likeness (QED) is 0.688. The van der Waals surface area contributed by atoms with E-state index in [0.29, 0.717) is 11.3 Å². The first-order valence-electron chi connectivity index (χ1n) is 9.31. The Labute approximate surface area is 172 Å². The zero-order valence-electron chi connectivity index (χ0n) is 16.2. The molecule has 1 aliphatic carbocycles. The highest BCUT2D eigenvalue weighted by Crippen LogP contribution is 2.36. The fraction of sp³-hybridized carbons (Fsp3) is 0.350. The van der Waals surface area contributed by atoms with Crippen molar-refractivity contribution in [3.63, 3.8) is 0 Å². The van der Waals surface area contributed by atoms with Gasteiger partial charge in [0.1, 0.15) is 0 Å². The maximum atomic E-state index is 13.0. The summed E-state index contributed by atoms with van der Waals surface area (Å²) in [6.45, 7) is 1.78. The fourth-order valence-corrected chi connectivity index (χ4v) is 3.76. The normalized spacial score (nSPS) is 15.8. The molecule has 1 aliphatic rings. The molecule has 2 aromatic carbocycles. The average Bonchev–Trinajstić information content (AvgIpc) is 3.50. The Hall–Kier alpha value is -2.43. The van der Waals surface area contributed by atoms with Crippen LogP contribution in [0.25, 0.3) is 0 Å². The van der Waals surface area contributed by atoms with E-state index in [1.54, 1.807) is 13.0 Å². The number of amides is 1. The molecule has 0 bridgehead atoms. The van der Waals surface area contributed by atoms with Gasteiger partial charge in [-0.05, 0) is 61.7 Å². The van der Waals surface area contributed by atoms with E-state index < -0.39 is 21.8 Å². The molecule has 30 heavy (non-hydrogen) atoms. The summed E-state index contributed by atoms with van der Waals surface area (Å²) in [6, 6.07) is 10.3. The van der Waals surface area contributed by atoms with Gasteiger partial charge in [0.15, 0.2) is 0 Å². The van der Waals surface area contributed by atoms with Gasteiger partial charge in [0, 0.05) is 17.8 Å². The van der Waals surface area contributed by atoms with Crippen molar-refractivity contribution in [2.45, 2.75) is 42.9 Å². The van der Waals surface area contributed by atoms with Crippen LogP contribution in [0.3, 0.4) is 0 Å². The van der Waals surface area contributed by atoms with Crippen molar-refractivity contribution in [3.8, 4) is 0 Å². The number of anilines is 1. The Morgan fingerprint density at radius 2 is 1.83 bits per heavy atom. The number of rotatable bonds is 7. The van der Waals surface area contributed by atoms with E-state index in [1.807, 2.05) is 4.90 Å². The monoisotopic (exact) mass is 441 g/mol. The minimum atomic E-state index is -4.43. The molecule has 10 heteroatoms. The summed E-state index contributed by atoms with van der Waals surface area (Å²) >= 11 is 0. The predicted octanol–water partition coefficient (Wildman–Crippen LogP) is 3.52. The molecular weight excluding hydrogens is 419 g/mol. The van der Waals surface area contributed by atoms with Crippen LogP contribution in [0.2, 0.25) is 0 Å². The Balaban J connectivity index is 1.71. The van der Waals surface area contributed by atoms with Gasteiger partial charge in [0.2, 0.25) is 15.9 Å². The van der Waals surface area contributed by atoms with E-state index >= 15 is 0 Å². The van der Waals surface area contributed by atoms with E-state index in [4.69, 9.17) is 5.14 Å². The molecule has 6 nitrogen and oxygen atoms in total. The molecule has 3 rings (SSSR count). The molecule has 3 N–H and O–H groups in total. The van der Waals surface area contributed by atoms with Crippen molar-refractivity contribution >= 4 is 21.6 Å². The maximum absolute atomic E-state index is 13.0. The number of halogens is 3. The van der Waals surface area contributed by atoms with Crippen LogP contribution in [0.1, 0.15) is 36.9 Å². The van der Waals surface area contributed by atoms with Gasteiger partial charge in [-0.15, -0.1) is 0 Å². The molecule has 0 aliphatic heterocycles. The van der Waals surface area contributed by atoms with Gasteiger partial charge in [0.05, 0.1) is 17.0 Å². The predicted molar refractivity (Wildman–Crippen MR) is 106 cm³/mol. The molecular formula is C20H22F3N3O3S. The molecule has 1 amide bonds. The van der Waals surface area contributed by atoms with Crippen molar-refractivity contribution in [2.24, 2.45) is 5.14 Å². The number of nitrogens with one attached hydrogen (secondary N) is 1. The van der Waals surface area contributed by atoms with E-state index in [0.717, 1.165) is 25.0 Å². The highest BCUT2D eigenvalue weighted by Gasteiger charge is 2.35. The number of carbonyl (C=O) groups excluding carboxylic acids is 1. The second kappa shape index (κ2) is 8.37. The lowest BCUT2D eigenvalue weighted by atomic mass is 10.0. The molecule has 0 aromatic heterocycles.